The Labute approximate surface area is 143 Å². The Kier molecular flexibility index (Phi) is 4.75. The number of para-hydroxylation sites is 1. The second-order valence-electron chi connectivity index (χ2n) is 5.07. The number of methoxy groups -OCH3 is 2. The van der Waals surface area contributed by atoms with Crippen LogP contribution in [0.3, 0.4) is 0 Å². The summed E-state index contributed by atoms with van der Waals surface area (Å²) < 4.78 is 15.1. The third kappa shape index (κ3) is 3.09. The van der Waals surface area contributed by atoms with Crippen molar-refractivity contribution in [2.24, 2.45) is 0 Å². The van der Waals surface area contributed by atoms with Gasteiger partial charge in [0.25, 0.3) is 0 Å². The second-order valence-corrected chi connectivity index (χ2v) is 5.07. The van der Waals surface area contributed by atoms with E-state index in [4.69, 9.17) is 14.2 Å². The molecule has 1 aromatic heterocycles. The van der Waals surface area contributed by atoms with Gasteiger partial charge in [-0.3, -0.25) is 5.10 Å². The van der Waals surface area contributed by atoms with Crippen LogP contribution in [0.1, 0.15) is 0 Å². The molecule has 1 aliphatic heterocycles. The van der Waals surface area contributed by atoms with Gasteiger partial charge in [-0.05, 0) is 12.1 Å². The van der Waals surface area contributed by atoms with Crippen molar-refractivity contribution in [1.82, 2.24) is 15.2 Å². The average molecular weight is 344 g/mol. The van der Waals surface area contributed by atoms with Crippen molar-refractivity contribution in [2.45, 2.75) is 0 Å². The number of hydrogen-bond donors (Lipinski definition) is 1. The summed E-state index contributed by atoms with van der Waals surface area (Å²) in [5, 5.41) is 6.63. The van der Waals surface area contributed by atoms with Crippen molar-refractivity contribution in [2.75, 3.05) is 32.5 Å². The molecule has 0 amide bonds. The number of benzene rings is 1. The maximum absolute atomic E-state index is 12.4. The highest BCUT2D eigenvalue weighted by Crippen LogP contribution is 2.33. The number of hydrogen-bond acceptors (Lipinski definition) is 8. The first-order valence-electron chi connectivity index (χ1n) is 7.37. The van der Waals surface area contributed by atoms with E-state index in [0.717, 1.165) is 0 Å². The monoisotopic (exact) mass is 344 g/mol. The fourth-order valence-corrected chi connectivity index (χ4v) is 2.58. The lowest BCUT2D eigenvalue weighted by Gasteiger charge is -2.32. The van der Waals surface area contributed by atoms with Gasteiger partial charge in [0.05, 0.1) is 32.1 Å². The van der Waals surface area contributed by atoms with Gasteiger partial charge in [0, 0.05) is 5.56 Å². The molecule has 130 valence electrons. The van der Waals surface area contributed by atoms with Crippen molar-refractivity contribution >= 4 is 17.6 Å². The molecule has 0 atom stereocenters. The number of nitrogens with one attached hydrogen (secondary N) is 1. The van der Waals surface area contributed by atoms with Crippen molar-refractivity contribution in [3.05, 3.63) is 41.9 Å². The summed E-state index contributed by atoms with van der Waals surface area (Å²) in [7, 11) is 2.49. The molecule has 1 aliphatic rings. The number of H-pyrrole nitrogens is 1. The molecular weight excluding hydrogens is 328 g/mol. The number of carbonyl (C=O) groups excluding carboxylic acids is 2. The molecule has 0 radical (unpaired) electrons. The average Bonchev–Trinajstić information content (AvgIpc) is 3.20. The molecule has 0 aliphatic carbocycles. The van der Waals surface area contributed by atoms with Gasteiger partial charge in [-0.1, -0.05) is 12.1 Å². The summed E-state index contributed by atoms with van der Waals surface area (Å²) in [5.74, 6) is -0.789. The largest absolute Gasteiger partial charge is 0.466 e. The van der Waals surface area contributed by atoms with Gasteiger partial charge < -0.3 is 19.1 Å². The fourth-order valence-electron chi connectivity index (χ4n) is 2.58. The number of nitrogens with zero attached hydrogens (tertiary/aromatic N) is 3. The first kappa shape index (κ1) is 16.7. The molecule has 0 fully saturated rings. The molecule has 2 aromatic rings. The van der Waals surface area contributed by atoms with Crippen LogP contribution < -0.4 is 4.90 Å². The van der Waals surface area contributed by atoms with E-state index in [1.807, 2.05) is 12.1 Å². The molecule has 1 N–H and O–H groups in total. The zero-order valence-electron chi connectivity index (χ0n) is 13.7. The highest BCUT2D eigenvalue weighted by atomic mass is 16.5. The first-order chi connectivity index (χ1) is 12.2. The number of anilines is 1. The van der Waals surface area contributed by atoms with Crippen LogP contribution in [0.2, 0.25) is 0 Å². The third-order valence-electron chi connectivity index (χ3n) is 3.70. The Hall–Kier alpha value is -3.20. The van der Waals surface area contributed by atoms with Gasteiger partial charge in [-0.2, -0.15) is 5.10 Å². The minimum atomic E-state index is -0.656. The summed E-state index contributed by atoms with van der Waals surface area (Å²) in [6, 6.07) is 7.23. The lowest BCUT2D eigenvalue weighted by atomic mass is 10.1. The van der Waals surface area contributed by atoms with Gasteiger partial charge in [0.1, 0.15) is 18.8 Å². The van der Waals surface area contributed by atoms with Crippen molar-refractivity contribution in [3.8, 4) is 11.4 Å². The van der Waals surface area contributed by atoms with Gasteiger partial charge in [-0.25, -0.2) is 14.6 Å². The molecule has 3 rings (SSSR count). The van der Waals surface area contributed by atoms with Crippen LogP contribution in [0.25, 0.3) is 11.4 Å². The van der Waals surface area contributed by atoms with E-state index in [0.29, 0.717) is 17.1 Å². The Morgan fingerprint density at radius 1 is 1.20 bits per heavy atom. The van der Waals surface area contributed by atoms with Gasteiger partial charge in [0.15, 0.2) is 5.82 Å². The minimum Gasteiger partial charge on any atom is -0.466 e. The molecule has 0 saturated heterocycles. The molecule has 0 saturated carbocycles. The van der Waals surface area contributed by atoms with Gasteiger partial charge in [0.2, 0.25) is 0 Å². The van der Waals surface area contributed by atoms with Crippen LogP contribution in [0.5, 0.6) is 0 Å². The van der Waals surface area contributed by atoms with Crippen molar-refractivity contribution in [3.63, 3.8) is 0 Å². The number of aromatic amines is 1. The molecule has 1 aromatic carbocycles. The van der Waals surface area contributed by atoms with Crippen LogP contribution in [0.4, 0.5) is 5.69 Å². The van der Waals surface area contributed by atoms with E-state index >= 15 is 0 Å². The van der Waals surface area contributed by atoms with E-state index in [1.165, 1.54) is 20.5 Å². The molecule has 25 heavy (non-hydrogen) atoms. The van der Waals surface area contributed by atoms with Crippen LogP contribution in [0, 0.1) is 0 Å². The standard InChI is InChI=1S/C16H16N4O5/c1-23-15(21)11-7-25-9-20(13(11)16(22)24-2)12-6-4-3-5-10(12)14-17-8-18-19-14/h3-6,8H,7,9H2,1-2H3,(H,17,18,19). The SMILES string of the molecule is COC(=O)C1=C(C(=O)OC)N(c2ccccc2-c2ncn[nH]2)COC1. The third-order valence-corrected chi connectivity index (χ3v) is 3.70. The summed E-state index contributed by atoms with van der Waals surface area (Å²) in [5.41, 5.74) is 1.47. The summed E-state index contributed by atoms with van der Waals surface area (Å²) in [6.45, 7) is 0.0220. The molecule has 0 bridgehead atoms. The van der Waals surface area contributed by atoms with Crippen LogP contribution in [-0.2, 0) is 23.8 Å². The second kappa shape index (κ2) is 7.14. The topological polar surface area (TPSA) is 107 Å². The van der Waals surface area contributed by atoms with Crippen LogP contribution >= 0.6 is 0 Å². The number of aromatic nitrogens is 3. The number of carbonyl (C=O) groups is 2. The normalized spacial score (nSPS) is 14.4. The van der Waals surface area contributed by atoms with E-state index in [9.17, 15) is 9.59 Å². The Morgan fingerprint density at radius 2 is 1.96 bits per heavy atom. The Morgan fingerprint density at radius 3 is 2.64 bits per heavy atom. The zero-order valence-corrected chi connectivity index (χ0v) is 13.7. The summed E-state index contributed by atoms with van der Waals surface area (Å²) in [4.78, 5) is 30.1. The van der Waals surface area contributed by atoms with Crippen molar-refractivity contribution in [1.29, 1.82) is 0 Å². The zero-order chi connectivity index (χ0) is 17.8. The number of rotatable bonds is 4. The van der Waals surface area contributed by atoms with Gasteiger partial charge >= 0.3 is 11.9 Å². The predicted molar refractivity (Wildman–Crippen MR) is 86.2 cm³/mol. The minimum absolute atomic E-state index is 0.0436. The highest BCUT2D eigenvalue weighted by molar-refractivity contribution is 6.04. The van der Waals surface area contributed by atoms with E-state index in [-0.39, 0.29) is 24.6 Å². The smallest absolute Gasteiger partial charge is 0.355 e. The number of ether oxygens (including phenoxy) is 3. The molecule has 9 heteroatoms. The lowest BCUT2D eigenvalue weighted by Crippen LogP contribution is -2.39. The van der Waals surface area contributed by atoms with E-state index in [1.54, 1.807) is 17.0 Å². The molecule has 0 unspecified atom stereocenters. The molecule has 0 spiro atoms. The summed E-state index contributed by atoms with van der Waals surface area (Å²) in [6.07, 6.45) is 1.38. The maximum atomic E-state index is 12.4. The number of esters is 2. The summed E-state index contributed by atoms with van der Waals surface area (Å²) >= 11 is 0. The first-order valence-corrected chi connectivity index (χ1v) is 7.37. The Bertz CT molecular complexity index is 816. The van der Waals surface area contributed by atoms with Gasteiger partial charge in [-0.15, -0.1) is 0 Å². The Balaban J connectivity index is 2.16. The maximum Gasteiger partial charge on any atom is 0.355 e. The predicted octanol–water partition coefficient (Wildman–Crippen LogP) is 0.866. The molecular formula is C16H16N4O5. The van der Waals surface area contributed by atoms with Crippen LogP contribution in [0.15, 0.2) is 41.9 Å². The van der Waals surface area contributed by atoms with Crippen molar-refractivity contribution < 1.29 is 23.8 Å². The van der Waals surface area contributed by atoms with Crippen LogP contribution in [-0.4, -0.2) is 54.7 Å². The highest BCUT2D eigenvalue weighted by Gasteiger charge is 2.33. The lowest BCUT2D eigenvalue weighted by molar-refractivity contribution is -0.140. The van der Waals surface area contributed by atoms with E-state index in [2.05, 4.69) is 15.2 Å². The fraction of sp³-hybridized carbons (Fsp3) is 0.250. The quantitative estimate of drug-likeness (QED) is 0.814. The molecule has 2 heterocycles. The molecule has 9 nitrogen and oxygen atoms in total. The van der Waals surface area contributed by atoms with E-state index < -0.39 is 11.9 Å².